The second-order valence-electron chi connectivity index (χ2n) is 6.50. The molecule has 0 spiro atoms. The van der Waals surface area contributed by atoms with Crippen LogP contribution in [0.15, 0.2) is 47.4 Å². The highest BCUT2D eigenvalue weighted by atomic mass is 32.2. The fraction of sp³-hybridized carbons (Fsp3) is 0.350. The molecule has 2 rings (SSSR count). The molecule has 0 aliphatic carbocycles. The molecule has 0 bridgehead atoms. The van der Waals surface area contributed by atoms with E-state index in [-0.39, 0.29) is 23.9 Å². The van der Waals surface area contributed by atoms with Crippen LogP contribution in [0.4, 0.5) is 0 Å². The van der Waals surface area contributed by atoms with Gasteiger partial charge in [0.2, 0.25) is 15.9 Å². The number of carbonyl (C=O) groups is 1. The molecule has 0 aromatic heterocycles. The van der Waals surface area contributed by atoms with E-state index in [0.29, 0.717) is 18.4 Å². The highest BCUT2D eigenvalue weighted by Gasteiger charge is 2.16. The Hall–Kier alpha value is -2.18. The molecule has 0 aliphatic rings. The summed E-state index contributed by atoms with van der Waals surface area (Å²) in [5.41, 5.74) is 3.89. The van der Waals surface area contributed by atoms with Gasteiger partial charge < -0.3 is 5.32 Å². The van der Waals surface area contributed by atoms with E-state index in [0.717, 1.165) is 11.1 Å². The van der Waals surface area contributed by atoms with Gasteiger partial charge in [-0.1, -0.05) is 42.0 Å². The van der Waals surface area contributed by atoms with Crippen molar-refractivity contribution in [2.24, 2.45) is 0 Å². The van der Waals surface area contributed by atoms with Crippen molar-refractivity contribution in [2.75, 3.05) is 13.1 Å². The summed E-state index contributed by atoms with van der Waals surface area (Å²) in [6.45, 7) is 6.06. The predicted molar refractivity (Wildman–Crippen MR) is 104 cm³/mol. The first-order chi connectivity index (χ1) is 12.3. The van der Waals surface area contributed by atoms with Crippen LogP contribution in [0.2, 0.25) is 0 Å². The minimum Gasteiger partial charge on any atom is -0.355 e. The molecular formula is C20H26N2O3S. The summed E-state index contributed by atoms with van der Waals surface area (Å²) in [5, 5.41) is 2.75. The lowest BCUT2D eigenvalue weighted by atomic mass is 10.1. The molecule has 1 amide bonds. The number of sulfonamides is 1. The molecule has 140 valence electrons. The van der Waals surface area contributed by atoms with Crippen LogP contribution in [0.25, 0.3) is 0 Å². The van der Waals surface area contributed by atoms with Crippen molar-refractivity contribution in [3.8, 4) is 0 Å². The normalized spacial score (nSPS) is 11.3. The Morgan fingerprint density at radius 1 is 0.923 bits per heavy atom. The van der Waals surface area contributed by atoms with Gasteiger partial charge in [0.15, 0.2) is 0 Å². The first-order valence-electron chi connectivity index (χ1n) is 8.67. The largest absolute Gasteiger partial charge is 0.355 e. The van der Waals surface area contributed by atoms with Crippen molar-refractivity contribution >= 4 is 15.9 Å². The van der Waals surface area contributed by atoms with Gasteiger partial charge in [0.05, 0.1) is 4.90 Å². The van der Waals surface area contributed by atoms with Crippen LogP contribution >= 0.6 is 0 Å². The molecule has 0 unspecified atom stereocenters. The van der Waals surface area contributed by atoms with Crippen LogP contribution in [0, 0.1) is 20.8 Å². The molecule has 0 atom stereocenters. The zero-order chi connectivity index (χ0) is 19.2. The maximum Gasteiger partial charge on any atom is 0.240 e. The summed E-state index contributed by atoms with van der Waals surface area (Å²) in [5.74, 6) is -0.0866. The second kappa shape index (κ2) is 8.96. The van der Waals surface area contributed by atoms with Gasteiger partial charge in [-0.3, -0.25) is 4.79 Å². The Kier molecular flexibility index (Phi) is 6.94. The van der Waals surface area contributed by atoms with Crippen molar-refractivity contribution < 1.29 is 13.2 Å². The van der Waals surface area contributed by atoms with E-state index in [2.05, 4.69) is 10.0 Å². The number of rotatable bonds is 8. The fourth-order valence-electron chi connectivity index (χ4n) is 2.56. The lowest BCUT2D eigenvalue weighted by Crippen LogP contribution is -2.35. The summed E-state index contributed by atoms with van der Waals surface area (Å²) >= 11 is 0. The molecule has 2 N–H and O–H groups in total. The molecule has 2 aromatic carbocycles. The molecule has 0 saturated carbocycles. The average Bonchev–Trinajstić information content (AvgIpc) is 2.60. The Morgan fingerprint density at radius 2 is 1.58 bits per heavy atom. The van der Waals surface area contributed by atoms with E-state index in [4.69, 9.17) is 0 Å². The minimum absolute atomic E-state index is 0.0866. The first kappa shape index (κ1) is 20.1. The summed E-state index contributed by atoms with van der Waals surface area (Å²) in [4.78, 5) is 12.2. The fourth-order valence-corrected chi connectivity index (χ4v) is 3.92. The summed E-state index contributed by atoms with van der Waals surface area (Å²) in [6.07, 6.45) is 1.05. The quantitative estimate of drug-likeness (QED) is 0.698. The standard InChI is InChI=1S/C20H26N2O3S/c1-15-5-8-18(9-6-15)10-11-20(23)21-12-13-22-26(24,25)19-14-16(2)4-7-17(19)3/h4-9,14,22H,10-13H2,1-3H3,(H,21,23). The minimum atomic E-state index is -3.57. The Bertz CT molecular complexity index is 859. The maximum atomic E-state index is 12.4. The van der Waals surface area contributed by atoms with Gasteiger partial charge in [0, 0.05) is 19.5 Å². The van der Waals surface area contributed by atoms with Gasteiger partial charge in [0.1, 0.15) is 0 Å². The number of hydrogen-bond donors (Lipinski definition) is 2. The molecule has 5 nitrogen and oxygen atoms in total. The van der Waals surface area contributed by atoms with E-state index >= 15 is 0 Å². The first-order valence-corrected chi connectivity index (χ1v) is 10.2. The van der Waals surface area contributed by atoms with Gasteiger partial charge >= 0.3 is 0 Å². The molecule has 0 heterocycles. The maximum absolute atomic E-state index is 12.4. The van der Waals surface area contributed by atoms with E-state index in [1.165, 1.54) is 5.56 Å². The average molecular weight is 375 g/mol. The SMILES string of the molecule is Cc1ccc(CCC(=O)NCCNS(=O)(=O)c2cc(C)ccc2C)cc1. The molecule has 26 heavy (non-hydrogen) atoms. The lowest BCUT2D eigenvalue weighted by Gasteiger charge is -2.11. The highest BCUT2D eigenvalue weighted by Crippen LogP contribution is 2.16. The van der Waals surface area contributed by atoms with Crippen molar-refractivity contribution in [1.82, 2.24) is 10.0 Å². The van der Waals surface area contributed by atoms with Crippen molar-refractivity contribution in [2.45, 2.75) is 38.5 Å². The van der Waals surface area contributed by atoms with Crippen LogP contribution in [0.5, 0.6) is 0 Å². The van der Waals surface area contributed by atoms with Crippen LogP contribution in [-0.2, 0) is 21.2 Å². The molecule has 2 aromatic rings. The number of amides is 1. The van der Waals surface area contributed by atoms with Gasteiger partial charge in [-0.15, -0.1) is 0 Å². The number of hydrogen-bond acceptors (Lipinski definition) is 3. The van der Waals surface area contributed by atoms with Gasteiger partial charge in [-0.25, -0.2) is 13.1 Å². The van der Waals surface area contributed by atoms with E-state index in [1.807, 2.05) is 44.2 Å². The molecule has 0 aliphatic heterocycles. The van der Waals surface area contributed by atoms with Gasteiger partial charge in [-0.05, 0) is 49.9 Å². The molecule has 6 heteroatoms. The molecule has 0 fully saturated rings. The third-order valence-corrected chi connectivity index (χ3v) is 5.74. The van der Waals surface area contributed by atoms with Crippen molar-refractivity contribution in [3.05, 3.63) is 64.7 Å². The zero-order valence-electron chi connectivity index (χ0n) is 15.5. The second-order valence-corrected chi connectivity index (χ2v) is 8.24. The zero-order valence-corrected chi connectivity index (χ0v) is 16.3. The third kappa shape index (κ3) is 5.97. The number of carbonyl (C=O) groups excluding carboxylic acids is 1. The number of nitrogens with one attached hydrogen (secondary N) is 2. The highest BCUT2D eigenvalue weighted by molar-refractivity contribution is 7.89. The van der Waals surface area contributed by atoms with Crippen LogP contribution in [0.3, 0.4) is 0 Å². The van der Waals surface area contributed by atoms with E-state index < -0.39 is 10.0 Å². The smallest absolute Gasteiger partial charge is 0.240 e. The van der Waals surface area contributed by atoms with Crippen LogP contribution in [-0.4, -0.2) is 27.4 Å². The predicted octanol–water partition coefficient (Wildman–Crippen LogP) is 2.64. The lowest BCUT2D eigenvalue weighted by molar-refractivity contribution is -0.121. The van der Waals surface area contributed by atoms with Crippen LogP contribution in [0.1, 0.15) is 28.7 Å². The van der Waals surface area contributed by atoms with E-state index in [9.17, 15) is 13.2 Å². The van der Waals surface area contributed by atoms with Crippen molar-refractivity contribution in [1.29, 1.82) is 0 Å². The Morgan fingerprint density at radius 3 is 2.27 bits per heavy atom. The number of benzene rings is 2. The van der Waals surface area contributed by atoms with Crippen LogP contribution < -0.4 is 10.0 Å². The van der Waals surface area contributed by atoms with Gasteiger partial charge in [-0.2, -0.15) is 0 Å². The third-order valence-electron chi connectivity index (χ3n) is 4.13. The molecule has 0 saturated heterocycles. The van der Waals surface area contributed by atoms with Crippen molar-refractivity contribution in [3.63, 3.8) is 0 Å². The van der Waals surface area contributed by atoms with E-state index in [1.54, 1.807) is 19.1 Å². The monoisotopic (exact) mass is 374 g/mol. The summed E-state index contributed by atoms with van der Waals surface area (Å²) in [7, 11) is -3.57. The molecular weight excluding hydrogens is 348 g/mol. The number of aryl methyl sites for hydroxylation is 4. The summed E-state index contributed by atoms with van der Waals surface area (Å²) in [6, 6.07) is 13.4. The Balaban J connectivity index is 1.76. The summed E-state index contributed by atoms with van der Waals surface area (Å²) < 4.78 is 27.3. The van der Waals surface area contributed by atoms with Gasteiger partial charge in [0.25, 0.3) is 0 Å². The Labute approximate surface area is 155 Å². The molecule has 0 radical (unpaired) electrons. The topological polar surface area (TPSA) is 75.3 Å².